The third-order valence-corrected chi connectivity index (χ3v) is 4.47. The number of nitrogens with zero attached hydrogens (tertiary/aromatic N) is 2. The minimum absolute atomic E-state index is 0.183. The van der Waals surface area contributed by atoms with Gasteiger partial charge in [-0.2, -0.15) is 0 Å². The van der Waals surface area contributed by atoms with Crippen molar-refractivity contribution in [3.05, 3.63) is 0 Å². The van der Waals surface area contributed by atoms with E-state index in [1.807, 2.05) is 0 Å². The van der Waals surface area contributed by atoms with Crippen LogP contribution in [0.25, 0.3) is 0 Å². The normalized spacial score (nSPS) is 31.1. The van der Waals surface area contributed by atoms with Gasteiger partial charge in [-0.25, -0.2) is 0 Å². The van der Waals surface area contributed by atoms with Gasteiger partial charge >= 0.3 is 0 Å². The van der Waals surface area contributed by atoms with Crippen molar-refractivity contribution in [2.75, 3.05) is 19.6 Å². The van der Waals surface area contributed by atoms with Gasteiger partial charge in [0.1, 0.15) is 0 Å². The Morgan fingerprint density at radius 1 is 1.17 bits per heavy atom. The lowest BCUT2D eigenvalue weighted by atomic mass is 9.91. The van der Waals surface area contributed by atoms with Crippen molar-refractivity contribution in [1.29, 1.82) is 0 Å². The van der Waals surface area contributed by atoms with Crippen molar-refractivity contribution >= 4 is 5.91 Å². The molecule has 104 valence electrons. The molecule has 0 aliphatic carbocycles. The molecule has 2 saturated heterocycles. The van der Waals surface area contributed by atoms with Crippen molar-refractivity contribution in [1.82, 2.24) is 9.80 Å². The first kappa shape index (κ1) is 13.8. The predicted molar refractivity (Wildman–Crippen MR) is 73.3 cm³/mol. The fourth-order valence-electron chi connectivity index (χ4n) is 3.72. The summed E-state index contributed by atoms with van der Waals surface area (Å²) in [5, 5.41) is 0. The highest BCUT2D eigenvalue weighted by Gasteiger charge is 2.37. The van der Waals surface area contributed by atoms with Crippen molar-refractivity contribution in [3.63, 3.8) is 0 Å². The number of likely N-dealkylation sites (tertiary alicyclic amines) is 2. The Labute approximate surface area is 110 Å². The van der Waals surface area contributed by atoms with Crippen LogP contribution >= 0.6 is 0 Å². The van der Waals surface area contributed by atoms with Gasteiger partial charge in [-0.1, -0.05) is 6.42 Å². The van der Waals surface area contributed by atoms with Crippen LogP contribution in [-0.4, -0.2) is 53.5 Å². The molecule has 0 saturated carbocycles. The second kappa shape index (κ2) is 6.02. The minimum Gasteiger partial charge on any atom is -0.369 e. The third kappa shape index (κ3) is 3.04. The number of fused-ring (bicyclic) bond motifs is 1. The highest BCUT2D eigenvalue weighted by atomic mass is 16.1. The zero-order chi connectivity index (χ0) is 13.1. The lowest BCUT2D eigenvalue weighted by Crippen LogP contribution is -2.57. The summed E-state index contributed by atoms with van der Waals surface area (Å²) in [5.74, 6) is -0.183. The molecule has 0 unspecified atom stereocenters. The van der Waals surface area contributed by atoms with Crippen molar-refractivity contribution in [2.45, 2.75) is 64.1 Å². The Balaban J connectivity index is 2.12. The Bertz CT molecular complexity index is 293. The molecule has 4 nitrogen and oxygen atoms in total. The highest BCUT2D eigenvalue weighted by molar-refractivity contribution is 5.76. The number of rotatable bonds is 3. The molecule has 2 rings (SSSR count). The second-order valence-corrected chi connectivity index (χ2v) is 6.04. The lowest BCUT2D eigenvalue weighted by Gasteiger charge is -2.46. The number of hydrogen-bond donors (Lipinski definition) is 1. The van der Waals surface area contributed by atoms with Crippen LogP contribution in [0.3, 0.4) is 0 Å². The summed E-state index contributed by atoms with van der Waals surface area (Å²) in [7, 11) is 0. The fourth-order valence-corrected chi connectivity index (χ4v) is 3.72. The van der Waals surface area contributed by atoms with Crippen LogP contribution in [0.5, 0.6) is 0 Å². The van der Waals surface area contributed by atoms with E-state index in [9.17, 15) is 4.79 Å². The van der Waals surface area contributed by atoms with Crippen LogP contribution < -0.4 is 5.73 Å². The highest BCUT2D eigenvalue weighted by Crippen LogP contribution is 2.30. The molecule has 2 atom stereocenters. The molecule has 4 heteroatoms. The van der Waals surface area contributed by atoms with E-state index in [0.29, 0.717) is 24.7 Å². The number of primary amides is 1. The van der Waals surface area contributed by atoms with Crippen LogP contribution in [0.15, 0.2) is 0 Å². The van der Waals surface area contributed by atoms with E-state index in [2.05, 4.69) is 23.6 Å². The number of carbonyl (C=O) groups is 1. The first-order valence-electron chi connectivity index (χ1n) is 7.37. The molecule has 2 aliphatic heterocycles. The first-order valence-corrected chi connectivity index (χ1v) is 7.37. The number of hydrogen-bond acceptors (Lipinski definition) is 3. The molecule has 0 aromatic heterocycles. The Morgan fingerprint density at radius 3 is 2.56 bits per heavy atom. The summed E-state index contributed by atoms with van der Waals surface area (Å²) >= 11 is 0. The van der Waals surface area contributed by atoms with Gasteiger partial charge in [-0.15, -0.1) is 0 Å². The zero-order valence-corrected chi connectivity index (χ0v) is 11.8. The van der Waals surface area contributed by atoms with Gasteiger partial charge in [0.05, 0.1) is 6.54 Å². The first-order chi connectivity index (χ1) is 8.59. The third-order valence-electron chi connectivity index (χ3n) is 4.47. The van der Waals surface area contributed by atoms with Crippen LogP contribution in [0.4, 0.5) is 0 Å². The second-order valence-electron chi connectivity index (χ2n) is 6.04. The smallest absolute Gasteiger partial charge is 0.231 e. The van der Waals surface area contributed by atoms with E-state index in [-0.39, 0.29) is 5.91 Å². The quantitative estimate of drug-likeness (QED) is 0.822. The summed E-state index contributed by atoms with van der Waals surface area (Å²) in [5.41, 5.74) is 5.40. The van der Waals surface area contributed by atoms with E-state index in [1.54, 1.807) is 0 Å². The molecule has 1 amide bonds. The number of piperidine rings is 1. The molecule has 2 aliphatic rings. The van der Waals surface area contributed by atoms with Crippen molar-refractivity contribution < 1.29 is 4.79 Å². The van der Waals surface area contributed by atoms with Gasteiger partial charge in [0.2, 0.25) is 5.91 Å². The van der Waals surface area contributed by atoms with Gasteiger partial charge in [0.25, 0.3) is 0 Å². The average Bonchev–Trinajstić information content (AvgIpc) is 2.51. The fraction of sp³-hybridized carbons (Fsp3) is 0.929. The van der Waals surface area contributed by atoms with E-state index in [1.165, 1.54) is 38.6 Å². The van der Waals surface area contributed by atoms with Gasteiger partial charge < -0.3 is 5.73 Å². The largest absolute Gasteiger partial charge is 0.369 e. The zero-order valence-electron chi connectivity index (χ0n) is 11.8. The van der Waals surface area contributed by atoms with Gasteiger partial charge in [-0.3, -0.25) is 14.6 Å². The Morgan fingerprint density at radius 2 is 1.89 bits per heavy atom. The summed E-state index contributed by atoms with van der Waals surface area (Å²) < 4.78 is 0. The molecule has 2 N–H and O–H groups in total. The molecule has 0 aromatic rings. The molecule has 18 heavy (non-hydrogen) atoms. The van der Waals surface area contributed by atoms with E-state index >= 15 is 0 Å². The summed E-state index contributed by atoms with van der Waals surface area (Å²) in [4.78, 5) is 16.2. The van der Waals surface area contributed by atoms with E-state index < -0.39 is 0 Å². The van der Waals surface area contributed by atoms with Crippen LogP contribution in [0, 0.1) is 0 Å². The predicted octanol–water partition coefficient (Wildman–Crippen LogP) is 1.20. The molecular formula is C14H27N3O. The standard InChI is InChI=1S/C14H27N3O/c1-11(2)17-9-5-7-12-13(17)6-3-4-8-16(12)10-14(15)18/h11-13H,3-10H2,1-2H3,(H2,15,18)/t12-,13-/m1/s1. The number of nitrogens with two attached hydrogens (primary N) is 1. The molecular weight excluding hydrogens is 226 g/mol. The minimum atomic E-state index is -0.183. The van der Waals surface area contributed by atoms with Crippen molar-refractivity contribution in [3.8, 4) is 0 Å². The maximum Gasteiger partial charge on any atom is 0.231 e. The topological polar surface area (TPSA) is 49.6 Å². The van der Waals surface area contributed by atoms with Crippen LogP contribution in [0.1, 0.15) is 46.0 Å². The number of amides is 1. The maximum absolute atomic E-state index is 11.2. The molecule has 2 heterocycles. The summed E-state index contributed by atoms with van der Waals surface area (Å²) in [6.07, 6.45) is 6.22. The van der Waals surface area contributed by atoms with Crippen molar-refractivity contribution in [2.24, 2.45) is 5.73 Å². The van der Waals surface area contributed by atoms with E-state index in [4.69, 9.17) is 5.73 Å². The monoisotopic (exact) mass is 253 g/mol. The Hall–Kier alpha value is -0.610. The SMILES string of the molecule is CC(C)N1CCC[C@@H]2[C@H]1CCCCN2CC(N)=O. The van der Waals surface area contributed by atoms with Gasteiger partial charge in [0.15, 0.2) is 0 Å². The average molecular weight is 253 g/mol. The van der Waals surface area contributed by atoms with Crippen LogP contribution in [-0.2, 0) is 4.79 Å². The summed E-state index contributed by atoms with van der Waals surface area (Å²) in [6, 6.07) is 1.77. The Kier molecular flexibility index (Phi) is 4.62. The molecule has 0 bridgehead atoms. The molecule has 0 aromatic carbocycles. The van der Waals surface area contributed by atoms with Crippen LogP contribution in [0.2, 0.25) is 0 Å². The molecule has 2 fully saturated rings. The van der Waals surface area contributed by atoms with Gasteiger partial charge in [0, 0.05) is 18.1 Å². The molecule has 0 radical (unpaired) electrons. The van der Waals surface area contributed by atoms with E-state index in [0.717, 1.165) is 6.54 Å². The number of carbonyl (C=O) groups excluding carboxylic acids is 1. The molecule has 0 spiro atoms. The summed E-state index contributed by atoms with van der Waals surface area (Å²) in [6.45, 7) is 7.25. The lowest BCUT2D eigenvalue weighted by molar-refractivity contribution is -0.120. The van der Waals surface area contributed by atoms with Gasteiger partial charge in [-0.05, 0) is 52.6 Å². The maximum atomic E-state index is 11.2.